The van der Waals surface area contributed by atoms with Crippen molar-refractivity contribution in [1.82, 2.24) is 24.9 Å². The Kier molecular flexibility index (Phi) is 4.15. The molecule has 0 aliphatic rings. The number of hydrogen-bond acceptors (Lipinski definition) is 7. The molecule has 0 aliphatic carbocycles. The highest BCUT2D eigenvalue weighted by Gasteiger charge is 2.21. The largest absolute Gasteiger partial charge is 0.452 e. The van der Waals surface area contributed by atoms with Crippen molar-refractivity contribution < 1.29 is 14.1 Å². The predicted molar refractivity (Wildman–Crippen MR) is 96.8 cm³/mol. The molecule has 0 fully saturated rings. The molecule has 3 heterocycles. The number of hydrogen-bond donors (Lipinski definition) is 0. The maximum Gasteiger partial charge on any atom is 0.339 e. The summed E-state index contributed by atoms with van der Waals surface area (Å²) in [4.78, 5) is 21.5. The lowest BCUT2D eigenvalue weighted by molar-refractivity contribution is 0.0432. The van der Waals surface area contributed by atoms with Crippen LogP contribution in [0.3, 0.4) is 0 Å². The van der Waals surface area contributed by atoms with Gasteiger partial charge in [-0.1, -0.05) is 35.5 Å². The van der Waals surface area contributed by atoms with Gasteiger partial charge in [-0.2, -0.15) is 10.1 Å². The number of ether oxygens (including phenoxy) is 1. The fraction of sp³-hybridized carbons (Fsp3) is 0.211. The van der Waals surface area contributed by atoms with Crippen LogP contribution in [0.15, 0.2) is 40.9 Å². The van der Waals surface area contributed by atoms with Gasteiger partial charge in [-0.05, 0) is 19.9 Å². The first kappa shape index (κ1) is 16.9. The lowest BCUT2D eigenvalue weighted by atomic mass is 10.1. The number of carbonyl (C=O) groups is 1. The van der Waals surface area contributed by atoms with Gasteiger partial charge in [-0.25, -0.2) is 9.78 Å². The lowest BCUT2D eigenvalue weighted by Crippen LogP contribution is -2.08. The van der Waals surface area contributed by atoms with E-state index in [4.69, 9.17) is 9.26 Å². The van der Waals surface area contributed by atoms with E-state index >= 15 is 0 Å². The number of aryl methyl sites for hydroxylation is 3. The average molecular weight is 363 g/mol. The first-order valence-corrected chi connectivity index (χ1v) is 8.39. The zero-order chi connectivity index (χ0) is 19.0. The third-order valence-electron chi connectivity index (χ3n) is 4.15. The lowest BCUT2D eigenvalue weighted by Gasteiger charge is -2.08. The highest BCUT2D eigenvalue weighted by atomic mass is 16.6. The second-order valence-corrected chi connectivity index (χ2v) is 6.14. The first-order valence-electron chi connectivity index (χ1n) is 8.39. The van der Waals surface area contributed by atoms with Crippen molar-refractivity contribution in [1.29, 1.82) is 0 Å². The molecule has 136 valence electrons. The van der Waals surface area contributed by atoms with Crippen LogP contribution in [0.5, 0.6) is 0 Å². The van der Waals surface area contributed by atoms with Crippen molar-refractivity contribution in [2.45, 2.75) is 20.5 Å². The fourth-order valence-corrected chi connectivity index (χ4v) is 2.97. The number of nitrogens with zero attached hydrogens (tertiary/aromatic N) is 5. The summed E-state index contributed by atoms with van der Waals surface area (Å²) in [5, 5.41) is 8.75. The smallest absolute Gasteiger partial charge is 0.339 e. The van der Waals surface area contributed by atoms with E-state index in [1.54, 1.807) is 24.7 Å². The summed E-state index contributed by atoms with van der Waals surface area (Å²) < 4.78 is 12.0. The van der Waals surface area contributed by atoms with Crippen molar-refractivity contribution in [3.8, 4) is 11.3 Å². The molecule has 0 aliphatic heterocycles. The molecule has 4 aromatic rings. The third-order valence-corrected chi connectivity index (χ3v) is 4.15. The van der Waals surface area contributed by atoms with Gasteiger partial charge in [-0.15, -0.1) is 0 Å². The summed E-state index contributed by atoms with van der Waals surface area (Å²) in [6.45, 7) is 3.44. The zero-order valence-corrected chi connectivity index (χ0v) is 15.1. The molecule has 0 N–H and O–H groups in total. The minimum Gasteiger partial charge on any atom is -0.452 e. The maximum absolute atomic E-state index is 12.8. The van der Waals surface area contributed by atoms with Crippen molar-refractivity contribution >= 4 is 17.0 Å². The minimum atomic E-state index is -0.494. The standard InChI is InChI=1S/C19H17N5O3/c1-11-17-14(19(25)26-10-16-20-12(2)23-27-16)9-15(13-7-5-4-6-8-13)21-18(17)24(3)22-11/h4-9H,10H2,1-3H3. The van der Waals surface area contributed by atoms with Gasteiger partial charge in [0.2, 0.25) is 0 Å². The van der Waals surface area contributed by atoms with Crippen LogP contribution in [-0.2, 0) is 18.4 Å². The highest BCUT2D eigenvalue weighted by Crippen LogP contribution is 2.27. The molecule has 1 aromatic carbocycles. The van der Waals surface area contributed by atoms with Gasteiger partial charge in [-0.3, -0.25) is 4.68 Å². The first-order chi connectivity index (χ1) is 13.0. The van der Waals surface area contributed by atoms with Gasteiger partial charge >= 0.3 is 5.97 Å². The van der Waals surface area contributed by atoms with E-state index in [0.29, 0.717) is 33.8 Å². The Morgan fingerprint density at radius 2 is 1.96 bits per heavy atom. The van der Waals surface area contributed by atoms with Crippen LogP contribution in [-0.4, -0.2) is 30.9 Å². The summed E-state index contributed by atoms with van der Waals surface area (Å²) in [5.74, 6) is 0.241. The van der Waals surface area contributed by atoms with E-state index in [2.05, 4.69) is 20.2 Å². The Hall–Kier alpha value is -3.55. The van der Waals surface area contributed by atoms with Crippen LogP contribution in [0.25, 0.3) is 22.3 Å². The Bertz CT molecular complexity index is 1130. The fourth-order valence-electron chi connectivity index (χ4n) is 2.97. The minimum absolute atomic E-state index is 0.0938. The van der Waals surface area contributed by atoms with Crippen molar-refractivity contribution in [2.24, 2.45) is 7.05 Å². The highest BCUT2D eigenvalue weighted by molar-refractivity contribution is 6.04. The van der Waals surface area contributed by atoms with E-state index in [1.165, 1.54) is 0 Å². The summed E-state index contributed by atoms with van der Waals surface area (Å²) >= 11 is 0. The van der Waals surface area contributed by atoms with Gasteiger partial charge in [0.05, 0.1) is 22.3 Å². The number of benzene rings is 1. The summed E-state index contributed by atoms with van der Waals surface area (Å²) in [7, 11) is 1.80. The van der Waals surface area contributed by atoms with Gasteiger partial charge in [0.15, 0.2) is 18.1 Å². The molecule has 0 radical (unpaired) electrons. The van der Waals surface area contributed by atoms with E-state index < -0.39 is 5.97 Å². The molecule has 0 amide bonds. The van der Waals surface area contributed by atoms with Crippen LogP contribution in [0.2, 0.25) is 0 Å². The SMILES string of the molecule is Cc1noc(COC(=O)c2cc(-c3ccccc3)nc3c2c(C)nn3C)n1. The van der Waals surface area contributed by atoms with E-state index in [0.717, 1.165) is 5.56 Å². The van der Waals surface area contributed by atoms with Gasteiger partial charge in [0, 0.05) is 12.6 Å². The van der Waals surface area contributed by atoms with Crippen LogP contribution in [0.1, 0.15) is 27.8 Å². The summed E-state index contributed by atoms with van der Waals surface area (Å²) in [5.41, 5.74) is 3.31. The predicted octanol–water partition coefficient (Wildman–Crippen LogP) is 2.99. The average Bonchev–Trinajstić information content (AvgIpc) is 3.22. The molecule has 0 saturated carbocycles. The Morgan fingerprint density at radius 3 is 2.67 bits per heavy atom. The van der Waals surface area contributed by atoms with Gasteiger partial charge in [0.25, 0.3) is 5.89 Å². The molecule has 0 spiro atoms. The van der Waals surface area contributed by atoms with E-state index in [1.807, 2.05) is 37.3 Å². The van der Waals surface area contributed by atoms with E-state index in [-0.39, 0.29) is 12.5 Å². The van der Waals surface area contributed by atoms with Gasteiger partial charge < -0.3 is 9.26 Å². The topological polar surface area (TPSA) is 95.9 Å². The van der Waals surface area contributed by atoms with Crippen molar-refractivity contribution in [3.63, 3.8) is 0 Å². The summed E-state index contributed by atoms with van der Waals surface area (Å²) in [6.07, 6.45) is 0. The Morgan fingerprint density at radius 1 is 1.19 bits per heavy atom. The third kappa shape index (κ3) is 3.17. The molecular weight excluding hydrogens is 346 g/mol. The molecular formula is C19H17N5O3. The van der Waals surface area contributed by atoms with Crippen LogP contribution in [0, 0.1) is 13.8 Å². The van der Waals surface area contributed by atoms with Crippen LogP contribution < -0.4 is 0 Å². The quantitative estimate of drug-likeness (QED) is 0.514. The second-order valence-electron chi connectivity index (χ2n) is 6.14. The zero-order valence-electron chi connectivity index (χ0n) is 15.1. The summed E-state index contributed by atoms with van der Waals surface area (Å²) in [6, 6.07) is 11.4. The molecule has 8 heteroatoms. The number of aromatic nitrogens is 5. The van der Waals surface area contributed by atoms with Crippen LogP contribution >= 0.6 is 0 Å². The molecule has 3 aromatic heterocycles. The van der Waals surface area contributed by atoms with Crippen molar-refractivity contribution in [2.75, 3.05) is 0 Å². The molecule has 4 rings (SSSR count). The molecule has 0 unspecified atom stereocenters. The Labute approximate surface area is 154 Å². The van der Waals surface area contributed by atoms with E-state index in [9.17, 15) is 4.79 Å². The molecule has 0 atom stereocenters. The molecule has 0 saturated heterocycles. The number of pyridine rings is 1. The van der Waals surface area contributed by atoms with Gasteiger partial charge in [0.1, 0.15) is 0 Å². The van der Waals surface area contributed by atoms with Crippen LogP contribution in [0.4, 0.5) is 0 Å². The second kappa shape index (κ2) is 6.64. The van der Waals surface area contributed by atoms with Crippen molar-refractivity contribution in [3.05, 3.63) is 59.4 Å². The number of carbonyl (C=O) groups excluding carboxylic acids is 1. The maximum atomic E-state index is 12.8. The molecule has 0 bridgehead atoms. The number of esters is 1. The number of fused-ring (bicyclic) bond motifs is 1. The molecule has 27 heavy (non-hydrogen) atoms. The normalized spacial score (nSPS) is 11.1. The Balaban J connectivity index is 1.76. The monoisotopic (exact) mass is 363 g/mol. The number of rotatable bonds is 4. The molecule has 8 nitrogen and oxygen atoms in total.